The summed E-state index contributed by atoms with van der Waals surface area (Å²) in [7, 11) is 0. The molecule has 20 heavy (non-hydrogen) atoms. The van der Waals surface area contributed by atoms with Gasteiger partial charge >= 0.3 is 6.03 Å². The predicted octanol–water partition coefficient (Wildman–Crippen LogP) is 2.62. The first kappa shape index (κ1) is 12.8. The van der Waals surface area contributed by atoms with Crippen LogP contribution in [0.4, 0.5) is 4.79 Å². The van der Waals surface area contributed by atoms with Crippen molar-refractivity contribution in [3.05, 3.63) is 41.7 Å². The van der Waals surface area contributed by atoms with Gasteiger partial charge in [-0.2, -0.15) is 0 Å². The fourth-order valence-corrected chi connectivity index (χ4v) is 2.52. The highest BCUT2D eigenvalue weighted by Gasteiger charge is 2.32. The summed E-state index contributed by atoms with van der Waals surface area (Å²) in [6, 6.07) is 5.41. The number of carbonyl (C=O) groups is 1. The minimum absolute atomic E-state index is 0.0206. The molecule has 1 fully saturated rings. The molecule has 0 aliphatic carbocycles. The maximum absolute atomic E-state index is 12.2. The third-order valence-corrected chi connectivity index (χ3v) is 3.48. The Morgan fingerprint density at radius 3 is 3.20 bits per heavy atom. The molecule has 3 heterocycles. The summed E-state index contributed by atoms with van der Waals surface area (Å²) in [6.07, 6.45) is 3.47. The molecule has 2 amide bonds. The van der Waals surface area contributed by atoms with Crippen LogP contribution in [0.25, 0.3) is 0 Å². The number of carbonyl (C=O) groups excluding carboxylic acids is 1. The zero-order valence-electron chi connectivity index (χ0n) is 11.3. The number of amides is 2. The molecule has 1 aliphatic heterocycles. The summed E-state index contributed by atoms with van der Waals surface area (Å²) >= 11 is 0. The van der Waals surface area contributed by atoms with E-state index in [0.29, 0.717) is 6.54 Å². The lowest BCUT2D eigenvalue weighted by molar-refractivity contribution is 0.181. The maximum atomic E-state index is 12.2. The Morgan fingerprint density at radius 2 is 2.50 bits per heavy atom. The second kappa shape index (κ2) is 5.40. The van der Waals surface area contributed by atoms with Crippen LogP contribution < -0.4 is 5.32 Å². The zero-order valence-corrected chi connectivity index (χ0v) is 11.3. The Morgan fingerprint density at radius 1 is 1.60 bits per heavy atom. The Balaban J connectivity index is 1.64. The summed E-state index contributed by atoms with van der Waals surface area (Å²) < 4.78 is 10.5. The van der Waals surface area contributed by atoms with E-state index in [0.717, 1.165) is 36.6 Å². The minimum Gasteiger partial charge on any atom is -0.467 e. The van der Waals surface area contributed by atoms with E-state index in [1.807, 2.05) is 19.1 Å². The summed E-state index contributed by atoms with van der Waals surface area (Å²) in [5, 5.41) is 6.76. The van der Waals surface area contributed by atoms with Crippen LogP contribution in [0, 0.1) is 6.92 Å². The molecule has 3 rings (SSSR count). The number of hydrogen-bond acceptors (Lipinski definition) is 4. The van der Waals surface area contributed by atoms with Gasteiger partial charge in [0.2, 0.25) is 0 Å². The topological polar surface area (TPSA) is 71.5 Å². The number of aromatic nitrogens is 1. The van der Waals surface area contributed by atoms with Crippen LogP contribution >= 0.6 is 0 Å². The van der Waals surface area contributed by atoms with Gasteiger partial charge in [0, 0.05) is 12.6 Å². The maximum Gasteiger partial charge on any atom is 0.318 e. The number of nitrogens with one attached hydrogen (secondary N) is 1. The van der Waals surface area contributed by atoms with E-state index >= 15 is 0 Å². The van der Waals surface area contributed by atoms with Crippen molar-refractivity contribution in [3.63, 3.8) is 0 Å². The average Bonchev–Trinajstić information content (AvgIpc) is 3.16. The van der Waals surface area contributed by atoms with Gasteiger partial charge in [-0.05, 0) is 31.9 Å². The monoisotopic (exact) mass is 275 g/mol. The first-order valence-electron chi connectivity index (χ1n) is 6.74. The van der Waals surface area contributed by atoms with Crippen LogP contribution in [0.3, 0.4) is 0 Å². The fourth-order valence-electron chi connectivity index (χ4n) is 2.52. The van der Waals surface area contributed by atoms with E-state index in [1.54, 1.807) is 17.2 Å². The molecule has 1 unspecified atom stereocenters. The second-order valence-electron chi connectivity index (χ2n) is 4.96. The van der Waals surface area contributed by atoms with Crippen molar-refractivity contribution in [2.45, 2.75) is 32.4 Å². The third-order valence-electron chi connectivity index (χ3n) is 3.48. The smallest absolute Gasteiger partial charge is 0.318 e. The molecule has 0 radical (unpaired) electrons. The standard InChI is InChI=1S/C14H17N3O3/c1-10-8-13(20-16-10)12-5-2-6-17(12)14(18)15-9-11-4-3-7-19-11/h3-4,7-8,12H,2,5-6,9H2,1H3,(H,15,18). The van der Waals surface area contributed by atoms with Crippen molar-refractivity contribution in [1.29, 1.82) is 0 Å². The van der Waals surface area contributed by atoms with Crippen molar-refractivity contribution in [1.82, 2.24) is 15.4 Å². The SMILES string of the molecule is Cc1cc(C2CCCN2C(=O)NCc2ccco2)on1. The number of nitrogens with zero attached hydrogens (tertiary/aromatic N) is 2. The lowest BCUT2D eigenvalue weighted by Crippen LogP contribution is -2.39. The first-order chi connectivity index (χ1) is 9.74. The molecule has 1 atom stereocenters. The van der Waals surface area contributed by atoms with E-state index < -0.39 is 0 Å². The highest BCUT2D eigenvalue weighted by molar-refractivity contribution is 5.74. The van der Waals surface area contributed by atoms with Crippen LogP contribution in [0.2, 0.25) is 0 Å². The van der Waals surface area contributed by atoms with Gasteiger partial charge in [-0.25, -0.2) is 4.79 Å². The molecule has 0 saturated carbocycles. The molecule has 0 aromatic carbocycles. The predicted molar refractivity (Wildman–Crippen MR) is 70.9 cm³/mol. The molecule has 1 N–H and O–H groups in total. The minimum atomic E-state index is -0.0991. The van der Waals surface area contributed by atoms with Gasteiger partial charge in [-0.3, -0.25) is 0 Å². The van der Waals surface area contributed by atoms with E-state index in [9.17, 15) is 4.79 Å². The van der Waals surface area contributed by atoms with Crippen LogP contribution in [-0.2, 0) is 6.54 Å². The zero-order chi connectivity index (χ0) is 13.9. The molecule has 106 valence electrons. The normalized spacial score (nSPS) is 18.4. The number of urea groups is 1. The first-order valence-corrected chi connectivity index (χ1v) is 6.74. The van der Waals surface area contributed by atoms with Crippen LogP contribution in [0.5, 0.6) is 0 Å². The lowest BCUT2D eigenvalue weighted by atomic mass is 10.1. The molecule has 1 aliphatic rings. The number of aryl methyl sites for hydroxylation is 1. The largest absolute Gasteiger partial charge is 0.467 e. The molecule has 2 aromatic rings. The average molecular weight is 275 g/mol. The van der Waals surface area contributed by atoms with Gasteiger partial charge in [0.05, 0.1) is 24.5 Å². The van der Waals surface area contributed by atoms with Crippen molar-refractivity contribution in [3.8, 4) is 0 Å². The highest BCUT2D eigenvalue weighted by atomic mass is 16.5. The van der Waals surface area contributed by atoms with Crippen LogP contribution in [-0.4, -0.2) is 22.6 Å². The molecule has 6 nitrogen and oxygen atoms in total. The van der Waals surface area contributed by atoms with Gasteiger partial charge in [-0.15, -0.1) is 0 Å². The van der Waals surface area contributed by atoms with E-state index in [1.165, 1.54) is 0 Å². The fraction of sp³-hybridized carbons (Fsp3) is 0.429. The van der Waals surface area contributed by atoms with Crippen molar-refractivity contribution in [2.24, 2.45) is 0 Å². The molecule has 6 heteroatoms. The molecule has 2 aromatic heterocycles. The second-order valence-corrected chi connectivity index (χ2v) is 4.96. The number of rotatable bonds is 3. The summed E-state index contributed by atoms with van der Waals surface area (Å²) in [5.41, 5.74) is 0.836. The summed E-state index contributed by atoms with van der Waals surface area (Å²) in [5.74, 6) is 1.50. The van der Waals surface area contributed by atoms with Gasteiger partial charge in [-0.1, -0.05) is 5.16 Å². The Kier molecular flexibility index (Phi) is 3.45. The summed E-state index contributed by atoms with van der Waals surface area (Å²) in [4.78, 5) is 14.0. The lowest BCUT2D eigenvalue weighted by Gasteiger charge is -2.22. The van der Waals surface area contributed by atoms with Crippen molar-refractivity contribution < 1.29 is 13.7 Å². The molecular weight excluding hydrogens is 258 g/mol. The Hall–Kier alpha value is -2.24. The molecule has 1 saturated heterocycles. The number of furan rings is 1. The van der Waals surface area contributed by atoms with Crippen molar-refractivity contribution in [2.75, 3.05) is 6.54 Å². The van der Waals surface area contributed by atoms with Gasteiger partial charge in [0.1, 0.15) is 5.76 Å². The molecular formula is C14H17N3O3. The Labute approximate surface area is 116 Å². The van der Waals surface area contributed by atoms with Crippen molar-refractivity contribution >= 4 is 6.03 Å². The van der Waals surface area contributed by atoms with E-state index in [-0.39, 0.29) is 12.1 Å². The number of hydrogen-bond donors (Lipinski definition) is 1. The van der Waals surface area contributed by atoms with Crippen LogP contribution in [0.1, 0.15) is 36.1 Å². The third kappa shape index (κ3) is 2.54. The van der Waals surface area contributed by atoms with E-state index in [4.69, 9.17) is 8.94 Å². The highest BCUT2D eigenvalue weighted by Crippen LogP contribution is 2.32. The molecule has 0 bridgehead atoms. The quantitative estimate of drug-likeness (QED) is 0.934. The molecule has 0 spiro atoms. The van der Waals surface area contributed by atoms with Gasteiger partial charge in [0.15, 0.2) is 5.76 Å². The van der Waals surface area contributed by atoms with Gasteiger partial charge in [0.25, 0.3) is 0 Å². The van der Waals surface area contributed by atoms with Gasteiger partial charge < -0.3 is 19.2 Å². The summed E-state index contributed by atoms with van der Waals surface area (Å²) in [6.45, 7) is 3.00. The van der Waals surface area contributed by atoms with E-state index in [2.05, 4.69) is 10.5 Å². The Bertz CT molecular complexity index is 576. The van der Waals surface area contributed by atoms with Crippen LogP contribution in [0.15, 0.2) is 33.4 Å². The number of likely N-dealkylation sites (tertiary alicyclic amines) is 1.